The lowest BCUT2D eigenvalue weighted by molar-refractivity contribution is -0.139. The van der Waals surface area contributed by atoms with Crippen LogP contribution in [0.15, 0.2) is 18.2 Å². The van der Waals surface area contributed by atoms with Crippen LogP contribution in [0.3, 0.4) is 0 Å². The zero-order chi connectivity index (χ0) is 18.8. The highest BCUT2D eigenvalue weighted by atomic mass is 16.6. The lowest BCUT2D eigenvalue weighted by Crippen LogP contribution is -2.44. The zero-order valence-corrected chi connectivity index (χ0v) is 15.6. The number of benzene rings is 1. The maximum absolute atomic E-state index is 11.9. The van der Waals surface area contributed by atoms with Crippen LogP contribution in [0.4, 0.5) is 10.5 Å². The van der Waals surface area contributed by atoms with Gasteiger partial charge in [0.25, 0.3) is 0 Å². The van der Waals surface area contributed by atoms with Crippen molar-refractivity contribution in [2.45, 2.75) is 64.6 Å². The predicted molar refractivity (Wildman–Crippen MR) is 97.1 cm³/mol. The Labute approximate surface area is 149 Å². The van der Waals surface area contributed by atoms with Crippen LogP contribution in [0, 0.1) is 0 Å². The Morgan fingerprint density at radius 1 is 1.40 bits per heavy atom. The van der Waals surface area contributed by atoms with Crippen molar-refractivity contribution >= 4 is 17.7 Å². The molecule has 0 aliphatic carbocycles. The summed E-state index contributed by atoms with van der Waals surface area (Å²) >= 11 is 0. The summed E-state index contributed by atoms with van der Waals surface area (Å²) in [7, 11) is 2.08. The van der Waals surface area contributed by atoms with Crippen LogP contribution in [0.2, 0.25) is 0 Å². The number of aliphatic carboxylic acids is 1. The molecule has 2 rings (SSSR count). The molecule has 0 saturated carbocycles. The second kappa shape index (κ2) is 7.33. The quantitative estimate of drug-likeness (QED) is 0.874. The number of alkyl carbamates (subject to hydrolysis) is 1. The molecule has 1 aromatic carbocycles. The van der Waals surface area contributed by atoms with Crippen molar-refractivity contribution in [3.8, 4) is 0 Å². The average molecular weight is 348 g/mol. The van der Waals surface area contributed by atoms with E-state index in [-0.39, 0.29) is 6.42 Å². The van der Waals surface area contributed by atoms with Crippen molar-refractivity contribution in [2.75, 3.05) is 11.9 Å². The summed E-state index contributed by atoms with van der Waals surface area (Å²) in [5.74, 6) is -1.07. The van der Waals surface area contributed by atoms with E-state index in [1.54, 1.807) is 20.8 Å². The second-order valence-electron chi connectivity index (χ2n) is 7.70. The van der Waals surface area contributed by atoms with Crippen molar-refractivity contribution in [1.82, 2.24) is 5.32 Å². The summed E-state index contributed by atoms with van der Waals surface area (Å²) in [4.78, 5) is 25.6. The van der Waals surface area contributed by atoms with E-state index in [9.17, 15) is 14.7 Å². The minimum absolute atomic E-state index is 0.223. The third kappa shape index (κ3) is 5.11. The molecule has 0 spiro atoms. The van der Waals surface area contributed by atoms with Crippen molar-refractivity contribution in [1.29, 1.82) is 0 Å². The first-order chi connectivity index (χ1) is 11.6. The Morgan fingerprint density at radius 2 is 2.08 bits per heavy atom. The number of aryl methyl sites for hydroxylation is 1. The molecule has 1 heterocycles. The standard InChI is InChI=1S/C19H28N2O4/c1-12-6-8-14-10-13(7-9-16(14)21(12)5)11-15(17(22)23)20-18(24)25-19(2,3)4/h7,9-10,12,15H,6,8,11H2,1-5H3,(H,20,24)(H,22,23). The Morgan fingerprint density at radius 3 is 2.68 bits per heavy atom. The molecule has 25 heavy (non-hydrogen) atoms. The van der Waals surface area contributed by atoms with Gasteiger partial charge in [0.15, 0.2) is 0 Å². The number of nitrogens with zero attached hydrogens (tertiary/aromatic N) is 1. The Hall–Kier alpha value is -2.24. The van der Waals surface area contributed by atoms with E-state index in [1.165, 1.54) is 11.3 Å². The van der Waals surface area contributed by atoms with Crippen LogP contribution in [-0.4, -0.2) is 41.9 Å². The number of rotatable bonds is 4. The second-order valence-corrected chi connectivity index (χ2v) is 7.70. The summed E-state index contributed by atoms with van der Waals surface area (Å²) in [6, 6.07) is 5.49. The molecule has 138 valence electrons. The highest BCUT2D eigenvalue weighted by Gasteiger charge is 2.25. The Bertz CT molecular complexity index is 651. The molecule has 0 radical (unpaired) electrons. The number of hydrogen-bond acceptors (Lipinski definition) is 4. The van der Waals surface area contributed by atoms with Crippen LogP contribution in [0.1, 0.15) is 45.2 Å². The van der Waals surface area contributed by atoms with Gasteiger partial charge in [-0.05, 0) is 57.7 Å². The minimum atomic E-state index is -1.07. The zero-order valence-electron chi connectivity index (χ0n) is 15.6. The van der Waals surface area contributed by atoms with Crippen LogP contribution < -0.4 is 10.2 Å². The smallest absolute Gasteiger partial charge is 0.408 e. The number of fused-ring (bicyclic) bond motifs is 1. The molecule has 1 amide bonds. The normalized spacial score (nSPS) is 18.3. The summed E-state index contributed by atoms with van der Waals surface area (Å²) in [6.07, 6.45) is 1.56. The van der Waals surface area contributed by atoms with Crippen molar-refractivity contribution in [2.24, 2.45) is 0 Å². The minimum Gasteiger partial charge on any atom is -0.480 e. The summed E-state index contributed by atoms with van der Waals surface area (Å²) in [5, 5.41) is 11.9. The lowest BCUT2D eigenvalue weighted by Gasteiger charge is -2.34. The number of amides is 1. The number of anilines is 1. The van der Waals surface area contributed by atoms with Gasteiger partial charge in [-0.1, -0.05) is 12.1 Å². The van der Waals surface area contributed by atoms with Crippen LogP contribution in [0.25, 0.3) is 0 Å². The van der Waals surface area contributed by atoms with Crippen molar-refractivity contribution in [3.63, 3.8) is 0 Å². The van der Waals surface area contributed by atoms with Gasteiger partial charge in [-0.25, -0.2) is 9.59 Å². The molecule has 6 heteroatoms. The highest BCUT2D eigenvalue weighted by molar-refractivity contribution is 5.80. The summed E-state index contributed by atoms with van der Waals surface area (Å²) in [5.41, 5.74) is 2.64. The van der Waals surface area contributed by atoms with Gasteiger partial charge < -0.3 is 20.1 Å². The third-order valence-corrected chi connectivity index (χ3v) is 4.45. The molecule has 2 unspecified atom stereocenters. The van der Waals surface area contributed by atoms with Gasteiger partial charge in [0.1, 0.15) is 11.6 Å². The third-order valence-electron chi connectivity index (χ3n) is 4.45. The number of hydrogen-bond donors (Lipinski definition) is 2. The maximum Gasteiger partial charge on any atom is 0.408 e. The fourth-order valence-corrected chi connectivity index (χ4v) is 2.99. The van der Waals surface area contributed by atoms with Crippen LogP contribution in [0.5, 0.6) is 0 Å². The van der Waals surface area contributed by atoms with Gasteiger partial charge in [-0.3, -0.25) is 0 Å². The van der Waals surface area contributed by atoms with Crippen molar-refractivity contribution < 1.29 is 19.4 Å². The Balaban J connectivity index is 2.10. The first kappa shape index (κ1) is 19.1. The molecule has 2 atom stereocenters. The number of carboxylic acids is 1. The number of carbonyl (C=O) groups is 2. The lowest BCUT2D eigenvalue weighted by atomic mass is 9.94. The topological polar surface area (TPSA) is 78.9 Å². The molecule has 0 aromatic heterocycles. The first-order valence-corrected chi connectivity index (χ1v) is 8.64. The van der Waals surface area contributed by atoms with Gasteiger partial charge in [-0.15, -0.1) is 0 Å². The van der Waals surface area contributed by atoms with Gasteiger partial charge >= 0.3 is 12.1 Å². The number of ether oxygens (including phenoxy) is 1. The number of nitrogens with one attached hydrogen (secondary N) is 1. The predicted octanol–water partition coefficient (Wildman–Crippen LogP) is 2.98. The molecule has 2 N–H and O–H groups in total. The number of carboxylic acid groups (broad SMARTS) is 1. The SMILES string of the molecule is CC1CCc2cc(CC(NC(=O)OC(C)(C)C)C(=O)O)ccc2N1C. The average Bonchev–Trinajstić information content (AvgIpc) is 2.48. The van der Waals surface area contributed by atoms with Gasteiger partial charge in [-0.2, -0.15) is 0 Å². The largest absolute Gasteiger partial charge is 0.480 e. The molecular formula is C19H28N2O4. The van der Waals surface area contributed by atoms with E-state index in [4.69, 9.17) is 4.74 Å². The maximum atomic E-state index is 11.9. The molecule has 1 aliphatic heterocycles. The van der Waals surface area contributed by atoms with Gasteiger partial charge in [0, 0.05) is 25.2 Å². The molecular weight excluding hydrogens is 320 g/mol. The van der Waals surface area contributed by atoms with E-state index < -0.39 is 23.7 Å². The first-order valence-electron chi connectivity index (χ1n) is 8.64. The summed E-state index contributed by atoms with van der Waals surface area (Å²) in [6.45, 7) is 7.41. The van der Waals surface area contributed by atoms with E-state index in [1.807, 2.05) is 18.2 Å². The van der Waals surface area contributed by atoms with Crippen molar-refractivity contribution in [3.05, 3.63) is 29.3 Å². The van der Waals surface area contributed by atoms with E-state index in [0.717, 1.165) is 18.4 Å². The summed E-state index contributed by atoms with van der Waals surface area (Å²) < 4.78 is 5.15. The van der Waals surface area contributed by atoms with E-state index in [2.05, 4.69) is 24.2 Å². The highest BCUT2D eigenvalue weighted by Crippen LogP contribution is 2.30. The molecule has 0 fully saturated rings. The fraction of sp³-hybridized carbons (Fsp3) is 0.579. The van der Waals surface area contributed by atoms with Gasteiger partial charge in [0.05, 0.1) is 0 Å². The molecule has 0 bridgehead atoms. The van der Waals surface area contributed by atoms with Crippen LogP contribution >= 0.6 is 0 Å². The Kier molecular flexibility index (Phi) is 5.60. The molecule has 0 saturated heterocycles. The molecule has 1 aliphatic rings. The number of carbonyl (C=O) groups excluding carboxylic acids is 1. The van der Waals surface area contributed by atoms with Gasteiger partial charge in [0.2, 0.25) is 0 Å². The van der Waals surface area contributed by atoms with E-state index in [0.29, 0.717) is 6.04 Å². The van der Waals surface area contributed by atoms with E-state index >= 15 is 0 Å². The molecule has 1 aromatic rings. The fourth-order valence-electron chi connectivity index (χ4n) is 2.99. The van der Waals surface area contributed by atoms with Crippen LogP contribution in [-0.2, 0) is 22.4 Å². The monoisotopic (exact) mass is 348 g/mol. The molecule has 6 nitrogen and oxygen atoms in total.